The molecule has 1 N–H and O–H groups in total. The first-order chi connectivity index (χ1) is 15.9. The Kier molecular flexibility index (Phi) is 5.91. The number of benzene rings is 1. The van der Waals surface area contributed by atoms with E-state index in [4.69, 9.17) is 11.6 Å². The van der Waals surface area contributed by atoms with Gasteiger partial charge in [0, 0.05) is 44.2 Å². The monoisotopic (exact) mass is 472 g/mol. The predicted molar refractivity (Wildman–Crippen MR) is 123 cm³/mol. The fourth-order valence-electron chi connectivity index (χ4n) is 5.92. The molecule has 1 atom stereocenters. The van der Waals surface area contributed by atoms with Crippen LogP contribution < -0.4 is 10.2 Å². The normalized spacial score (nSPS) is 25.5. The van der Waals surface area contributed by atoms with Crippen molar-refractivity contribution in [3.63, 3.8) is 0 Å². The van der Waals surface area contributed by atoms with Crippen molar-refractivity contribution in [1.82, 2.24) is 15.1 Å². The topological polar surface area (TPSA) is 90.0 Å². The Hall–Kier alpha value is -2.45. The Morgan fingerprint density at radius 1 is 1.00 bits per heavy atom. The lowest BCUT2D eigenvalue weighted by Crippen LogP contribution is -2.54. The summed E-state index contributed by atoms with van der Waals surface area (Å²) in [5, 5.41) is 2.23. The molecule has 4 aliphatic rings. The Morgan fingerprint density at radius 3 is 2.48 bits per heavy atom. The maximum absolute atomic E-state index is 13.1. The Labute approximate surface area is 198 Å². The number of amides is 4. The number of alkyl halides is 1. The summed E-state index contributed by atoms with van der Waals surface area (Å²) in [6.45, 7) is 4.99. The lowest BCUT2D eigenvalue weighted by molar-refractivity contribution is -0.136. The van der Waals surface area contributed by atoms with Crippen molar-refractivity contribution in [2.24, 2.45) is 5.41 Å². The van der Waals surface area contributed by atoms with E-state index in [1.807, 2.05) is 6.07 Å². The number of halogens is 1. The summed E-state index contributed by atoms with van der Waals surface area (Å²) in [6, 6.07) is 4.46. The van der Waals surface area contributed by atoms with Gasteiger partial charge in [0.2, 0.25) is 11.8 Å². The molecule has 4 aliphatic heterocycles. The molecule has 8 nitrogen and oxygen atoms in total. The first kappa shape index (κ1) is 22.3. The molecule has 33 heavy (non-hydrogen) atoms. The molecule has 4 heterocycles. The number of piperidine rings is 3. The molecule has 0 saturated carbocycles. The summed E-state index contributed by atoms with van der Waals surface area (Å²) in [6.07, 6.45) is 4.93. The van der Waals surface area contributed by atoms with Gasteiger partial charge in [-0.3, -0.25) is 29.4 Å². The Morgan fingerprint density at radius 2 is 1.76 bits per heavy atom. The number of imide groups is 2. The van der Waals surface area contributed by atoms with Crippen molar-refractivity contribution in [2.75, 3.05) is 43.5 Å². The third kappa shape index (κ3) is 4.04. The van der Waals surface area contributed by atoms with Gasteiger partial charge in [-0.2, -0.15) is 0 Å². The van der Waals surface area contributed by atoms with Crippen LogP contribution in [0.1, 0.15) is 59.2 Å². The van der Waals surface area contributed by atoms with Crippen molar-refractivity contribution in [2.45, 2.75) is 44.6 Å². The van der Waals surface area contributed by atoms with Crippen LogP contribution in [-0.2, 0) is 9.59 Å². The van der Waals surface area contributed by atoms with Gasteiger partial charge >= 0.3 is 0 Å². The first-order valence-electron chi connectivity index (χ1n) is 11.8. The molecule has 1 aromatic rings. The van der Waals surface area contributed by atoms with Crippen LogP contribution >= 0.6 is 11.6 Å². The number of fused-ring (bicyclic) bond motifs is 1. The van der Waals surface area contributed by atoms with E-state index in [2.05, 4.69) is 15.1 Å². The molecule has 176 valence electrons. The molecular formula is C24H29ClN4O4. The summed E-state index contributed by atoms with van der Waals surface area (Å²) in [5.41, 5.74) is 1.94. The van der Waals surface area contributed by atoms with Crippen LogP contribution in [0, 0.1) is 5.41 Å². The van der Waals surface area contributed by atoms with Crippen LogP contribution in [0.4, 0.5) is 5.69 Å². The highest BCUT2D eigenvalue weighted by molar-refractivity contribution is 6.23. The standard InChI is InChI=1S/C24H29ClN4O4/c25-9-13-27-10-1-6-24(15-27)7-11-28(12-8-24)16-2-3-17-18(14-16)23(33)29(22(17)32)19-4-5-20(30)26-21(19)31/h2-3,14,19H,1,4-13,15H2,(H,26,30,31). The molecule has 0 radical (unpaired) electrons. The molecule has 1 spiro atoms. The highest BCUT2D eigenvalue weighted by Gasteiger charge is 2.45. The molecule has 0 aliphatic carbocycles. The zero-order valence-corrected chi connectivity index (χ0v) is 19.4. The molecule has 1 aromatic carbocycles. The van der Waals surface area contributed by atoms with Gasteiger partial charge in [0.05, 0.1) is 11.1 Å². The van der Waals surface area contributed by atoms with Crippen molar-refractivity contribution < 1.29 is 19.2 Å². The van der Waals surface area contributed by atoms with Gasteiger partial charge in [-0.15, -0.1) is 11.6 Å². The van der Waals surface area contributed by atoms with Crippen LogP contribution in [-0.4, -0.2) is 78.1 Å². The molecule has 5 rings (SSSR count). The Bertz CT molecular complexity index is 1000. The average molecular weight is 473 g/mol. The summed E-state index contributed by atoms with van der Waals surface area (Å²) >= 11 is 5.97. The highest BCUT2D eigenvalue weighted by Crippen LogP contribution is 2.41. The summed E-state index contributed by atoms with van der Waals surface area (Å²) in [7, 11) is 0. The molecular weight excluding hydrogens is 444 g/mol. The van der Waals surface area contributed by atoms with E-state index in [1.54, 1.807) is 12.1 Å². The summed E-state index contributed by atoms with van der Waals surface area (Å²) in [4.78, 5) is 55.6. The number of carbonyl (C=O) groups is 4. The van der Waals surface area contributed by atoms with E-state index in [1.165, 1.54) is 12.8 Å². The second kappa shape index (κ2) is 8.72. The van der Waals surface area contributed by atoms with Crippen LogP contribution in [0.2, 0.25) is 0 Å². The molecule has 9 heteroatoms. The molecule has 0 aromatic heterocycles. The van der Waals surface area contributed by atoms with E-state index in [9.17, 15) is 19.2 Å². The van der Waals surface area contributed by atoms with Crippen molar-refractivity contribution in [3.8, 4) is 0 Å². The van der Waals surface area contributed by atoms with Gasteiger partial charge in [0.25, 0.3) is 11.8 Å². The molecule has 4 amide bonds. The summed E-state index contributed by atoms with van der Waals surface area (Å²) in [5.74, 6) is -1.21. The van der Waals surface area contributed by atoms with Crippen LogP contribution in [0.3, 0.4) is 0 Å². The maximum Gasteiger partial charge on any atom is 0.262 e. The molecule has 3 fully saturated rings. The van der Waals surface area contributed by atoms with Gasteiger partial charge in [0.1, 0.15) is 6.04 Å². The molecule has 3 saturated heterocycles. The minimum absolute atomic E-state index is 0.118. The lowest BCUT2D eigenvalue weighted by Gasteiger charge is -2.48. The number of nitrogens with zero attached hydrogens (tertiary/aromatic N) is 3. The number of nitrogens with one attached hydrogen (secondary N) is 1. The minimum Gasteiger partial charge on any atom is -0.371 e. The molecule has 1 unspecified atom stereocenters. The van der Waals surface area contributed by atoms with Crippen molar-refractivity contribution in [3.05, 3.63) is 29.3 Å². The second-order valence-electron chi connectivity index (χ2n) is 9.73. The van der Waals surface area contributed by atoms with Crippen molar-refractivity contribution in [1.29, 1.82) is 0 Å². The number of carbonyl (C=O) groups excluding carboxylic acids is 4. The number of likely N-dealkylation sites (tertiary alicyclic amines) is 1. The van der Waals surface area contributed by atoms with E-state index < -0.39 is 23.8 Å². The van der Waals surface area contributed by atoms with Gasteiger partial charge in [-0.1, -0.05) is 0 Å². The van der Waals surface area contributed by atoms with E-state index in [0.717, 1.165) is 56.2 Å². The quantitative estimate of drug-likeness (QED) is 0.532. The first-order valence-corrected chi connectivity index (χ1v) is 12.3. The molecule has 0 bridgehead atoms. The smallest absolute Gasteiger partial charge is 0.262 e. The zero-order chi connectivity index (χ0) is 23.2. The number of rotatable bonds is 4. The van der Waals surface area contributed by atoms with Crippen LogP contribution in [0.5, 0.6) is 0 Å². The number of hydrogen-bond donors (Lipinski definition) is 1. The third-order valence-corrected chi connectivity index (χ3v) is 7.92. The lowest BCUT2D eigenvalue weighted by atomic mass is 9.72. The van der Waals surface area contributed by atoms with Crippen LogP contribution in [0.25, 0.3) is 0 Å². The van der Waals surface area contributed by atoms with E-state index in [-0.39, 0.29) is 18.7 Å². The second-order valence-corrected chi connectivity index (χ2v) is 10.1. The maximum atomic E-state index is 13.1. The van der Waals surface area contributed by atoms with Crippen LogP contribution in [0.15, 0.2) is 18.2 Å². The highest BCUT2D eigenvalue weighted by atomic mass is 35.5. The zero-order valence-electron chi connectivity index (χ0n) is 18.6. The van der Waals surface area contributed by atoms with Gasteiger partial charge in [-0.05, 0) is 62.3 Å². The van der Waals surface area contributed by atoms with Gasteiger partial charge in [0.15, 0.2) is 0 Å². The fraction of sp³-hybridized carbons (Fsp3) is 0.583. The van der Waals surface area contributed by atoms with E-state index in [0.29, 0.717) is 22.4 Å². The summed E-state index contributed by atoms with van der Waals surface area (Å²) < 4.78 is 0. The van der Waals surface area contributed by atoms with E-state index >= 15 is 0 Å². The van der Waals surface area contributed by atoms with Crippen molar-refractivity contribution >= 4 is 40.9 Å². The average Bonchev–Trinajstić information content (AvgIpc) is 3.04. The fourth-order valence-corrected chi connectivity index (χ4v) is 6.16. The number of anilines is 1. The van der Waals surface area contributed by atoms with Gasteiger partial charge < -0.3 is 9.80 Å². The Balaban J connectivity index is 1.29. The third-order valence-electron chi connectivity index (χ3n) is 7.75. The predicted octanol–water partition coefficient (Wildman–Crippen LogP) is 2.01. The van der Waals surface area contributed by atoms with Gasteiger partial charge in [-0.25, -0.2) is 0 Å². The number of hydrogen-bond acceptors (Lipinski definition) is 6. The largest absolute Gasteiger partial charge is 0.371 e. The minimum atomic E-state index is -0.935. The SMILES string of the molecule is O=C1CCC(N2C(=O)c3ccc(N4CCC5(CCCN(CCCl)C5)CC4)cc3C2=O)C(=O)N1.